The van der Waals surface area contributed by atoms with Gasteiger partial charge in [0.2, 0.25) is 0 Å². The number of thioether (sulfide) groups is 1. The van der Waals surface area contributed by atoms with E-state index in [2.05, 4.69) is 21.8 Å². The lowest BCUT2D eigenvalue weighted by molar-refractivity contribution is -0.895. The molecule has 3 N–H and O–H groups in total. The minimum absolute atomic E-state index is 0.0909. The maximum atomic E-state index is 13.1. The van der Waals surface area contributed by atoms with Crippen LogP contribution in [0.25, 0.3) is 0 Å². The Kier molecular flexibility index (Phi) is 8.43. The van der Waals surface area contributed by atoms with Gasteiger partial charge >= 0.3 is 0 Å². The lowest BCUT2D eigenvalue weighted by Gasteiger charge is -2.33. The number of hydrogen-bond donors (Lipinski definition) is 3. The summed E-state index contributed by atoms with van der Waals surface area (Å²) in [6, 6.07) is 5.96. The summed E-state index contributed by atoms with van der Waals surface area (Å²) in [6.07, 6.45) is 3.21. The van der Waals surface area contributed by atoms with Gasteiger partial charge in [0.15, 0.2) is 11.7 Å². The van der Waals surface area contributed by atoms with Crippen molar-refractivity contribution < 1.29 is 14.1 Å². The first-order valence-corrected chi connectivity index (χ1v) is 10.3. The Morgan fingerprint density at radius 3 is 2.84 bits per heavy atom. The summed E-state index contributed by atoms with van der Waals surface area (Å²) in [5.74, 6) is 0.692. The summed E-state index contributed by atoms with van der Waals surface area (Å²) in [5.41, 5.74) is 0.499. The van der Waals surface area contributed by atoms with Crippen molar-refractivity contribution in [1.29, 1.82) is 0 Å². The Morgan fingerprint density at radius 2 is 2.16 bits per heavy atom. The van der Waals surface area contributed by atoms with Crippen LogP contribution in [0.15, 0.2) is 24.3 Å². The number of halogens is 1. The van der Waals surface area contributed by atoms with Crippen molar-refractivity contribution in [3.63, 3.8) is 0 Å². The highest BCUT2D eigenvalue weighted by Crippen LogP contribution is 2.08. The number of amides is 1. The molecule has 25 heavy (non-hydrogen) atoms. The number of hydrogen-bond acceptors (Lipinski definition) is 3. The number of carbonyl (C=O) groups is 1. The molecule has 1 aromatic rings. The first kappa shape index (κ1) is 19.9. The van der Waals surface area contributed by atoms with Crippen molar-refractivity contribution >= 4 is 40.7 Å². The maximum absolute atomic E-state index is 13.1. The zero-order valence-electron chi connectivity index (χ0n) is 14.5. The van der Waals surface area contributed by atoms with Gasteiger partial charge in [-0.25, -0.2) is 4.39 Å². The Bertz CT molecular complexity index is 580. The van der Waals surface area contributed by atoms with Gasteiger partial charge in [0.25, 0.3) is 5.91 Å². The number of thiocarbonyl (C=S) groups is 1. The van der Waals surface area contributed by atoms with Crippen molar-refractivity contribution in [2.75, 3.05) is 56.6 Å². The van der Waals surface area contributed by atoms with Gasteiger partial charge in [0, 0.05) is 12.2 Å². The van der Waals surface area contributed by atoms with Crippen molar-refractivity contribution in [2.24, 2.45) is 0 Å². The topological polar surface area (TPSA) is 48.8 Å². The fraction of sp³-hybridized carbons (Fsp3) is 0.529. The van der Waals surface area contributed by atoms with Gasteiger partial charge in [-0.2, -0.15) is 11.8 Å². The van der Waals surface area contributed by atoms with Gasteiger partial charge in [-0.15, -0.1) is 0 Å². The summed E-state index contributed by atoms with van der Waals surface area (Å²) >= 11 is 7.27. The van der Waals surface area contributed by atoms with Crippen LogP contribution in [-0.4, -0.2) is 67.2 Å². The van der Waals surface area contributed by atoms with Crippen LogP contribution in [0.3, 0.4) is 0 Å². The highest BCUT2D eigenvalue weighted by Gasteiger charge is 2.23. The van der Waals surface area contributed by atoms with Gasteiger partial charge < -0.3 is 20.4 Å². The number of carbonyl (C=O) groups excluding carboxylic acids is 1. The zero-order valence-corrected chi connectivity index (χ0v) is 16.1. The summed E-state index contributed by atoms with van der Waals surface area (Å²) in [6.45, 7) is 4.71. The van der Waals surface area contributed by atoms with E-state index in [0.717, 1.165) is 50.0 Å². The highest BCUT2D eigenvalue weighted by atomic mass is 32.2. The van der Waals surface area contributed by atoms with E-state index >= 15 is 0 Å². The summed E-state index contributed by atoms with van der Waals surface area (Å²) < 4.78 is 13.1. The molecular formula is C17H26FN4OS2+. The van der Waals surface area contributed by atoms with Crippen LogP contribution in [0.1, 0.15) is 6.42 Å². The van der Waals surface area contributed by atoms with Gasteiger partial charge in [0.05, 0.1) is 26.2 Å². The van der Waals surface area contributed by atoms with Crippen LogP contribution in [0.2, 0.25) is 0 Å². The number of quaternary nitrogens is 1. The van der Waals surface area contributed by atoms with Gasteiger partial charge in [0.1, 0.15) is 5.82 Å². The number of piperazine rings is 1. The Labute approximate surface area is 158 Å². The fourth-order valence-corrected chi connectivity index (χ4v) is 3.44. The number of benzene rings is 1. The fourth-order valence-electron chi connectivity index (χ4n) is 2.72. The highest BCUT2D eigenvalue weighted by molar-refractivity contribution is 7.98. The molecular weight excluding hydrogens is 359 g/mol. The van der Waals surface area contributed by atoms with Crippen LogP contribution in [-0.2, 0) is 4.79 Å². The Balaban J connectivity index is 1.67. The average molecular weight is 386 g/mol. The standard InChI is InChI=1S/C17H25FN4OS2/c1-25-11-3-6-19-17(24)22-9-7-21(8-10-22)13-16(23)20-15-5-2-4-14(18)12-15/h2,4-5,12H,3,6-11,13H2,1H3,(H,19,24)(H,20,23)/p+1. The van der Waals surface area contributed by atoms with E-state index < -0.39 is 0 Å². The molecule has 0 spiro atoms. The molecule has 2 rings (SSSR count). The van der Waals surface area contributed by atoms with Gasteiger partial charge in [-0.05, 0) is 48.8 Å². The first-order chi connectivity index (χ1) is 12.1. The molecule has 1 saturated heterocycles. The lowest BCUT2D eigenvalue weighted by Crippen LogP contribution is -3.15. The average Bonchev–Trinajstić information content (AvgIpc) is 2.59. The third-order valence-electron chi connectivity index (χ3n) is 4.08. The second kappa shape index (κ2) is 10.6. The van der Waals surface area contributed by atoms with E-state index in [9.17, 15) is 9.18 Å². The van der Waals surface area contributed by atoms with Crippen molar-refractivity contribution in [3.8, 4) is 0 Å². The normalized spacial score (nSPS) is 15.0. The maximum Gasteiger partial charge on any atom is 0.279 e. The van der Waals surface area contributed by atoms with Gasteiger partial charge in [-0.1, -0.05) is 6.07 Å². The predicted molar refractivity (Wildman–Crippen MR) is 106 cm³/mol. The largest absolute Gasteiger partial charge is 0.363 e. The van der Waals surface area contributed by atoms with E-state index in [0.29, 0.717) is 12.2 Å². The van der Waals surface area contributed by atoms with E-state index in [1.807, 2.05) is 11.8 Å². The number of nitrogens with one attached hydrogen (secondary N) is 3. The molecule has 1 aliphatic rings. The number of nitrogens with zero attached hydrogens (tertiary/aromatic N) is 1. The molecule has 1 aromatic carbocycles. The molecule has 8 heteroatoms. The number of rotatable bonds is 7. The molecule has 5 nitrogen and oxygen atoms in total. The first-order valence-electron chi connectivity index (χ1n) is 8.49. The molecule has 0 aromatic heterocycles. The smallest absolute Gasteiger partial charge is 0.279 e. The monoisotopic (exact) mass is 385 g/mol. The van der Waals surface area contributed by atoms with E-state index in [1.165, 1.54) is 17.0 Å². The van der Waals surface area contributed by atoms with Crippen LogP contribution in [0, 0.1) is 5.82 Å². The van der Waals surface area contributed by atoms with Gasteiger partial charge in [-0.3, -0.25) is 4.79 Å². The van der Waals surface area contributed by atoms with E-state index in [1.54, 1.807) is 12.1 Å². The minimum Gasteiger partial charge on any atom is -0.363 e. The SMILES string of the molecule is CSCCCNC(=S)N1CC[NH+](CC(=O)Nc2cccc(F)c2)CC1. The molecule has 0 atom stereocenters. The summed E-state index contributed by atoms with van der Waals surface area (Å²) in [7, 11) is 0. The second-order valence-corrected chi connectivity index (χ2v) is 7.42. The molecule has 138 valence electrons. The van der Waals surface area contributed by atoms with Crippen molar-refractivity contribution in [1.82, 2.24) is 10.2 Å². The Hall–Kier alpha value is -1.38. The predicted octanol–water partition coefficient (Wildman–Crippen LogP) is 0.592. The van der Waals surface area contributed by atoms with Crippen LogP contribution in [0.5, 0.6) is 0 Å². The molecule has 0 bridgehead atoms. The van der Waals surface area contributed by atoms with Crippen LogP contribution in [0.4, 0.5) is 10.1 Å². The molecule has 0 aliphatic carbocycles. The van der Waals surface area contributed by atoms with E-state index in [4.69, 9.17) is 12.2 Å². The summed E-state index contributed by atoms with van der Waals surface area (Å²) in [4.78, 5) is 15.5. The lowest BCUT2D eigenvalue weighted by atomic mass is 10.3. The Morgan fingerprint density at radius 1 is 1.40 bits per heavy atom. The molecule has 1 aliphatic heterocycles. The third-order valence-corrected chi connectivity index (χ3v) is 5.18. The van der Waals surface area contributed by atoms with Crippen molar-refractivity contribution in [2.45, 2.75) is 6.42 Å². The minimum atomic E-state index is -0.350. The van der Waals surface area contributed by atoms with Crippen molar-refractivity contribution in [3.05, 3.63) is 30.1 Å². The molecule has 0 saturated carbocycles. The molecule has 0 unspecified atom stereocenters. The molecule has 0 radical (unpaired) electrons. The van der Waals surface area contributed by atoms with E-state index in [-0.39, 0.29) is 11.7 Å². The van der Waals surface area contributed by atoms with Crippen LogP contribution >= 0.6 is 24.0 Å². The second-order valence-electron chi connectivity index (χ2n) is 6.05. The molecule has 1 fully saturated rings. The quantitative estimate of drug-likeness (QED) is 0.474. The van der Waals surface area contributed by atoms with Crippen LogP contribution < -0.4 is 15.5 Å². The third kappa shape index (κ3) is 7.17. The molecule has 1 heterocycles. The summed E-state index contributed by atoms with van der Waals surface area (Å²) in [5, 5.41) is 6.86. The number of anilines is 1. The zero-order chi connectivity index (χ0) is 18.1. The molecule has 1 amide bonds.